The summed E-state index contributed by atoms with van der Waals surface area (Å²) in [4.78, 5) is 8.41. The van der Waals surface area contributed by atoms with Crippen molar-refractivity contribution < 1.29 is 4.74 Å². The van der Waals surface area contributed by atoms with Crippen LogP contribution in [0.3, 0.4) is 0 Å². The first-order chi connectivity index (χ1) is 12.1. The van der Waals surface area contributed by atoms with Gasteiger partial charge in [0.1, 0.15) is 5.75 Å². The summed E-state index contributed by atoms with van der Waals surface area (Å²) in [5.41, 5.74) is 1.87. The zero-order valence-electron chi connectivity index (χ0n) is 13.2. The summed E-state index contributed by atoms with van der Waals surface area (Å²) in [6, 6.07) is 15.4. The second-order valence-corrected chi connectivity index (χ2v) is 7.37. The monoisotopic (exact) mass is 478 g/mol. The van der Waals surface area contributed by atoms with Gasteiger partial charge in [-0.15, -0.1) is 0 Å². The van der Waals surface area contributed by atoms with Gasteiger partial charge in [0.05, 0.1) is 23.2 Å². The summed E-state index contributed by atoms with van der Waals surface area (Å²) in [6.45, 7) is 0. The summed E-state index contributed by atoms with van der Waals surface area (Å²) < 4.78 is 7.27. The molecule has 4 aromatic rings. The lowest BCUT2D eigenvalue weighted by molar-refractivity contribution is 0.419. The maximum absolute atomic E-state index is 5.97. The van der Waals surface area contributed by atoms with Crippen LogP contribution < -0.4 is 4.74 Å². The Labute approximate surface area is 167 Å². The van der Waals surface area contributed by atoms with Crippen molar-refractivity contribution >= 4 is 65.3 Å². The molecule has 25 heavy (non-hydrogen) atoms. The maximum Gasteiger partial charge on any atom is 0.129 e. The third-order valence-electron chi connectivity index (χ3n) is 3.53. The van der Waals surface area contributed by atoms with E-state index in [9.17, 15) is 0 Å². The molecule has 0 saturated heterocycles. The quantitative estimate of drug-likeness (QED) is 0.306. The fourth-order valence-corrected chi connectivity index (χ4v) is 3.29. The molecule has 3 nitrogen and oxygen atoms in total. The number of nitrogens with zero attached hydrogens (tertiary/aromatic N) is 2. The Kier molecular flexibility index (Phi) is 5.89. The maximum atomic E-state index is 5.97. The highest BCUT2D eigenvalue weighted by atomic mass is 79.9. The highest BCUT2D eigenvalue weighted by Gasteiger charge is 2.01. The van der Waals surface area contributed by atoms with Crippen molar-refractivity contribution in [2.75, 3.05) is 7.11 Å². The summed E-state index contributed by atoms with van der Waals surface area (Å²) in [7, 11) is 1.66. The lowest BCUT2D eigenvalue weighted by atomic mass is 10.2. The van der Waals surface area contributed by atoms with Crippen molar-refractivity contribution in [3.05, 3.63) is 74.9 Å². The molecule has 0 amide bonds. The molecule has 0 N–H and O–H groups in total. The number of benzene rings is 2. The molecule has 2 aromatic heterocycles. The lowest BCUT2D eigenvalue weighted by Gasteiger charge is -2.03. The van der Waals surface area contributed by atoms with Crippen LogP contribution in [-0.4, -0.2) is 17.1 Å². The Morgan fingerprint density at radius 3 is 2.00 bits per heavy atom. The minimum absolute atomic E-state index is 0.737. The summed E-state index contributed by atoms with van der Waals surface area (Å²) in [6.07, 6.45) is 3.45. The van der Waals surface area contributed by atoms with Gasteiger partial charge in [-0.3, -0.25) is 9.97 Å². The number of rotatable bonds is 1. The number of ether oxygens (including phenoxy) is 1. The van der Waals surface area contributed by atoms with E-state index in [0.29, 0.717) is 0 Å². The number of hydrogen-bond acceptors (Lipinski definition) is 3. The van der Waals surface area contributed by atoms with E-state index >= 15 is 0 Å². The zero-order valence-corrected chi connectivity index (χ0v) is 17.1. The Bertz CT molecular complexity index is 1040. The fraction of sp³-hybridized carbons (Fsp3) is 0.0526. The summed E-state index contributed by atoms with van der Waals surface area (Å²) in [5.74, 6) is 0.853. The van der Waals surface area contributed by atoms with Crippen molar-refractivity contribution in [3.8, 4) is 5.75 Å². The molecule has 0 spiro atoms. The first kappa shape index (κ1) is 18.1. The standard InChI is InChI=1S/C10H8BrNO.C9H5BrClN/c1-13-10-4-5-12-9-3-2-7(11)6-8(9)10;10-6-1-2-9-7(5-6)8(11)3-4-12-9/h2-6H,1H3;1-5H. The van der Waals surface area contributed by atoms with Gasteiger partial charge in [0.25, 0.3) is 0 Å². The fourth-order valence-electron chi connectivity index (χ4n) is 2.36. The molecule has 0 atom stereocenters. The zero-order chi connectivity index (χ0) is 17.8. The van der Waals surface area contributed by atoms with Gasteiger partial charge in [0.15, 0.2) is 0 Å². The van der Waals surface area contributed by atoms with Crippen LogP contribution >= 0.6 is 43.5 Å². The van der Waals surface area contributed by atoms with E-state index in [-0.39, 0.29) is 0 Å². The van der Waals surface area contributed by atoms with Crippen LogP contribution in [0.1, 0.15) is 0 Å². The van der Waals surface area contributed by atoms with Gasteiger partial charge in [-0.1, -0.05) is 43.5 Å². The molecular formula is C19H13Br2ClN2O. The number of fused-ring (bicyclic) bond motifs is 2. The molecule has 4 rings (SSSR count). The molecule has 0 saturated carbocycles. The van der Waals surface area contributed by atoms with Gasteiger partial charge in [-0.2, -0.15) is 0 Å². The molecule has 2 heterocycles. The van der Waals surface area contributed by atoms with E-state index in [0.717, 1.165) is 41.5 Å². The van der Waals surface area contributed by atoms with Crippen LogP contribution in [0.4, 0.5) is 0 Å². The van der Waals surface area contributed by atoms with Crippen molar-refractivity contribution in [2.45, 2.75) is 0 Å². The van der Waals surface area contributed by atoms with Gasteiger partial charge < -0.3 is 4.74 Å². The molecule has 0 radical (unpaired) electrons. The molecule has 0 aliphatic rings. The average molecular weight is 481 g/mol. The van der Waals surface area contributed by atoms with Crippen molar-refractivity contribution in [3.63, 3.8) is 0 Å². The van der Waals surface area contributed by atoms with Crippen LogP contribution in [-0.2, 0) is 0 Å². The van der Waals surface area contributed by atoms with Crippen LogP contribution in [0.25, 0.3) is 21.8 Å². The van der Waals surface area contributed by atoms with Crippen molar-refractivity contribution in [1.29, 1.82) is 0 Å². The minimum atomic E-state index is 0.737. The molecule has 126 valence electrons. The van der Waals surface area contributed by atoms with Gasteiger partial charge in [0, 0.05) is 32.1 Å². The van der Waals surface area contributed by atoms with Crippen molar-refractivity contribution in [1.82, 2.24) is 9.97 Å². The Morgan fingerprint density at radius 2 is 1.36 bits per heavy atom. The Balaban J connectivity index is 0.000000146. The number of hydrogen-bond donors (Lipinski definition) is 0. The van der Waals surface area contributed by atoms with Crippen LogP contribution in [0.2, 0.25) is 5.02 Å². The predicted octanol–water partition coefficient (Wildman–Crippen LogP) is 6.66. The number of halogens is 3. The second kappa shape index (κ2) is 8.13. The molecule has 0 aliphatic carbocycles. The average Bonchev–Trinajstić information content (AvgIpc) is 2.62. The Hall–Kier alpha value is -1.69. The largest absolute Gasteiger partial charge is 0.496 e. The molecule has 0 aliphatic heterocycles. The highest BCUT2D eigenvalue weighted by Crippen LogP contribution is 2.26. The lowest BCUT2D eigenvalue weighted by Crippen LogP contribution is -1.86. The number of pyridine rings is 2. The highest BCUT2D eigenvalue weighted by molar-refractivity contribution is 9.10. The van der Waals surface area contributed by atoms with E-state index in [1.54, 1.807) is 25.6 Å². The topological polar surface area (TPSA) is 35.0 Å². The number of aromatic nitrogens is 2. The normalized spacial score (nSPS) is 10.4. The van der Waals surface area contributed by atoms with Crippen LogP contribution in [0, 0.1) is 0 Å². The molecule has 0 bridgehead atoms. The first-order valence-corrected chi connectivity index (χ1v) is 9.33. The van der Waals surface area contributed by atoms with Gasteiger partial charge in [-0.05, 0) is 48.5 Å². The van der Waals surface area contributed by atoms with E-state index in [4.69, 9.17) is 16.3 Å². The minimum Gasteiger partial charge on any atom is -0.496 e. The molecular weight excluding hydrogens is 467 g/mol. The van der Waals surface area contributed by atoms with Crippen LogP contribution in [0.5, 0.6) is 5.75 Å². The second-order valence-electron chi connectivity index (χ2n) is 5.13. The predicted molar refractivity (Wildman–Crippen MR) is 110 cm³/mol. The third-order valence-corrected chi connectivity index (χ3v) is 4.85. The summed E-state index contributed by atoms with van der Waals surface area (Å²) in [5, 5.41) is 2.74. The van der Waals surface area contributed by atoms with Gasteiger partial charge in [0.2, 0.25) is 0 Å². The number of methoxy groups -OCH3 is 1. The molecule has 2 aromatic carbocycles. The van der Waals surface area contributed by atoms with E-state index < -0.39 is 0 Å². The smallest absolute Gasteiger partial charge is 0.129 e. The van der Waals surface area contributed by atoms with Crippen LogP contribution in [0.15, 0.2) is 69.9 Å². The van der Waals surface area contributed by atoms with E-state index in [1.165, 1.54) is 0 Å². The molecule has 0 fully saturated rings. The molecule has 0 unspecified atom stereocenters. The van der Waals surface area contributed by atoms with Gasteiger partial charge >= 0.3 is 0 Å². The van der Waals surface area contributed by atoms with Crippen molar-refractivity contribution in [2.24, 2.45) is 0 Å². The molecule has 6 heteroatoms. The summed E-state index contributed by atoms with van der Waals surface area (Å²) >= 11 is 12.8. The first-order valence-electron chi connectivity index (χ1n) is 7.36. The Morgan fingerprint density at radius 1 is 0.800 bits per heavy atom. The third kappa shape index (κ3) is 4.29. The van der Waals surface area contributed by atoms with Gasteiger partial charge in [-0.25, -0.2) is 0 Å². The van der Waals surface area contributed by atoms with E-state index in [2.05, 4.69) is 41.8 Å². The van der Waals surface area contributed by atoms with E-state index in [1.807, 2.05) is 42.5 Å². The SMILES string of the molecule is COc1ccnc2ccc(Br)cc12.Clc1ccnc2ccc(Br)cc12.